The molecule has 1 aromatic heterocycles. The van der Waals surface area contributed by atoms with Crippen molar-refractivity contribution in [2.24, 2.45) is 5.92 Å². The van der Waals surface area contributed by atoms with Crippen molar-refractivity contribution >= 4 is 17.4 Å². The van der Waals surface area contributed by atoms with Crippen LogP contribution in [0.3, 0.4) is 0 Å². The molecule has 2 aromatic carbocycles. The van der Waals surface area contributed by atoms with Crippen LogP contribution in [-0.2, 0) is 11.4 Å². The number of nitrogens with one attached hydrogen (secondary N) is 1. The molecule has 2 heterocycles. The Hall–Kier alpha value is -3.41. The minimum absolute atomic E-state index is 0.0385. The summed E-state index contributed by atoms with van der Waals surface area (Å²) in [5, 5.41) is 3.03. The summed E-state index contributed by atoms with van der Waals surface area (Å²) in [7, 11) is 0. The van der Waals surface area contributed by atoms with Gasteiger partial charge in [0.25, 0.3) is 0 Å². The van der Waals surface area contributed by atoms with E-state index in [1.807, 2.05) is 54.6 Å². The van der Waals surface area contributed by atoms with Gasteiger partial charge in [-0.2, -0.15) is 0 Å². The fourth-order valence-corrected chi connectivity index (χ4v) is 3.47. The fourth-order valence-electron chi connectivity index (χ4n) is 3.47. The zero-order valence-corrected chi connectivity index (χ0v) is 16.2. The summed E-state index contributed by atoms with van der Waals surface area (Å²) in [5.74, 6) is 1.57. The summed E-state index contributed by atoms with van der Waals surface area (Å²) in [5.41, 5.74) is 1.90. The van der Waals surface area contributed by atoms with Crippen LogP contribution in [0.4, 0.5) is 11.5 Å². The van der Waals surface area contributed by atoms with E-state index in [9.17, 15) is 4.79 Å². The van der Waals surface area contributed by atoms with Gasteiger partial charge >= 0.3 is 0 Å². The van der Waals surface area contributed by atoms with E-state index in [0.717, 1.165) is 42.2 Å². The van der Waals surface area contributed by atoms with Crippen LogP contribution in [0.5, 0.6) is 5.75 Å². The topological polar surface area (TPSA) is 67.3 Å². The van der Waals surface area contributed by atoms with E-state index in [0.29, 0.717) is 13.2 Å². The second-order valence-electron chi connectivity index (χ2n) is 7.14. The van der Waals surface area contributed by atoms with Crippen LogP contribution in [0.1, 0.15) is 18.4 Å². The van der Waals surface area contributed by atoms with Crippen LogP contribution in [0.25, 0.3) is 0 Å². The summed E-state index contributed by atoms with van der Waals surface area (Å²) in [6, 6.07) is 17.5. The third kappa shape index (κ3) is 5.10. The molecule has 4 rings (SSSR count). The lowest BCUT2D eigenvalue weighted by Crippen LogP contribution is -2.41. The molecule has 1 unspecified atom stereocenters. The number of anilines is 2. The third-order valence-corrected chi connectivity index (χ3v) is 5.04. The molecule has 1 N–H and O–H groups in total. The monoisotopic (exact) mass is 388 g/mol. The zero-order valence-electron chi connectivity index (χ0n) is 16.2. The highest BCUT2D eigenvalue weighted by atomic mass is 16.5. The average Bonchev–Trinajstić information content (AvgIpc) is 2.80. The number of rotatable bonds is 6. The lowest BCUT2D eigenvalue weighted by atomic mass is 9.97. The maximum absolute atomic E-state index is 12.7. The first-order chi connectivity index (χ1) is 14.3. The second-order valence-corrected chi connectivity index (χ2v) is 7.14. The van der Waals surface area contributed by atoms with Gasteiger partial charge in [0.1, 0.15) is 18.2 Å². The first kappa shape index (κ1) is 18.9. The molecule has 6 heteroatoms. The second kappa shape index (κ2) is 9.19. The van der Waals surface area contributed by atoms with Gasteiger partial charge in [-0.25, -0.2) is 4.98 Å². The molecular formula is C23H24N4O2. The molecule has 0 saturated carbocycles. The summed E-state index contributed by atoms with van der Waals surface area (Å²) < 4.78 is 5.80. The van der Waals surface area contributed by atoms with Crippen LogP contribution in [0, 0.1) is 5.92 Å². The molecule has 0 spiro atoms. The minimum Gasteiger partial charge on any atom is -0.489 e. The smallest absolute Gasteiger partial charge is 0.229 e. The maximum Gasteiger partial charge on any atom is 0.229 e. The lowest BCUT2D eigenvalue weighted by molar-refractivity contribution is -0.120. The van der Waals surface area contributed by atoms with Crippen LogP contribution < -0.4 is 15.0 Å². The van der Waals surface area contributed by atoms with Crippen molar-refractivity contribution in [3.05, 3.63) is 78.8 Å². The molecule has 1 fully saturated rings. The SMILES string of the molecule is O=C(Nc1ccc(OCc2ccccc2)cc1)C1CCCN(c2cnccn2)C1. The van der Waals surface area contributed by atoms with E-state index < -0.39 is 0 Å². The maximum atomic E-state index is 12.7. The highest BCUT2D eigenvalue weighted by Crippen LogP contribution is 2.23. The average molecular weight is 388 g/mol. The normalized spacial score (nSPS) is 16.3. The molecule has 29 heavy (non-hydrogen) atoms. The lowest BCUT2D eigenvalue weighted by Gasteiger charge is -2.32. The highest BCUT2D eigenvalue weighted by molar-refractivity contribution is 5.93. The Morgan fingerprint density at radius 3 is 2.69 bits per heavy atom. The summed E-state index contributed by atoms with van der Waals surface area (Å²) in [6.07, 6.45) is 6.92. The van der Waals surface area contributed by atoms with E-state index in [-0.39, 0.29) is 11.8 Å². The van der Waals surface area contributed by atoms with E-state index in [1.165, 1.54) is 0 Å². The van der Waals surface area contributed by atoms with Crippen molar-refractivity contribution in [3.63, 3.8) is 0 Å². The Morgan fingerprint density at radius 1 is 1.10 bits per heavy atom. The predicted octanol–water partition coefficient (Wildman–Crippen LogP) is 3.91. The zero-order chi connectivity index (χ0) is 19.9. The van der Waals surface area contributed by atoms with Gasteiger partial charge in [0, 0.05) is 31.2 Å². The highest BCUT2D eigenvalue weighted by Gasteiger charge is 2.26. The minimum atomic E-state index is -0.0697. The number of hydrogen-bond donors (Lipinski definition) is 1. The first-order valence-electron chi connectivity index (χ1n) is 9.86. The summed E-state index contributed by atoms with van der Waals surface area (Å²) >= 11 is 0. The molecule has 6 nitrogen and oxygen atoms in total. The van der Waals surface area contributed by atoms with Crippen molar-refractivity contribution < 1.29 is 9.53 Å². The van der Waals surface area contributed by atoms with Gasteiger partial charge in [-0.1, -0.05) is 30.3 Å². The molecule has 0 radical (unpaired) electrons. The number of benzene rings is 2. The molecule has 0 bridgehead atoms. The number of aromatic nitrogens is 2. The molecule has 1 aliphatic rings. The van der Waals surface area contributed by atoms with Crippen molar-refractivity contribution in [1.29, 1.82) is 0 Å². The van der Waals surface area contributed by atoms with Crippen molar-refractivity contribution in [2.75, 3.05) is 23.3 Å². The molecule has 1 atom stereocenters. The number of ether oxygens (including phenoxy) is 1. The van der Waals surface area contributed by atoms with E-state index >= 15 is 0 Å². The number of carbonyl (C=O) groups is 1. The molecule has 1 aliphatic heterocycles. The number of nitrogens with zero attached hydrogens (tertiary/aromatic N) is 3. The predicted molar refractivity (Wildman–Crippen MR) is 113 cm³/mol. The van der Waals surface area contributed by atoms with Gasteiger partial charge in [0.15, 0.2) is 0 Å². The van der Waals surface area contributed by atoms with Crippen LogP contribution >= 0.6 is 0 Å². The number of carbonyl (C=O) groups excluding carboxylic acids is 1. The Labute approximate surface area is 170 Å². The Morgan fingerprint density at radius 2 is 1.93 bits per heavy atom. The van der Waals surface area contributed by atoms with Gasteiger partial charge in [0.05, 0.1) is 12.1 Å². The molecule has 3 aromatic rings. The molecule has 1 saturated heterocycles. The Balaban J connectivity index is 1.31. The first-order valence-corrected chi connectivity index (χ1v) is 9.86. The van der Waals surface area contributed by atoms with Gasteiger partial charge in [-0.05, 0) is 42.7 Å². The van der Waals surface area contributed by atoms with Gasteiger partial charge in [-0.15, -0.1) is 0 Å². The number of amides is 1. The summed E-state index contributed by atoms with van der Waals surface area (Å²) in [6.45, 7) is 2.07. The Bertz CT molecular complexity index is 917. The molecule has 1 amide bonds. The van der Waals surface area contributed by atoms with E-state index in [4.69, 9.17) is 4.74 Å². The Kier molecular flexibility index (Phi) is 6.00. The summed E-state index contributed by atoms with van der Waals surface area (Å²) in [4.78, 5) is 23.3. The van der Waals surface area contributed by atoms with Gasteiger partial charge < -0.3 is 15.0 Å². The van der Waals surface area contributed by atoms with E-state index in [2.05, 4.69) is 20.2 Å². The fraction of sp³-hybridized carbons (Fsp3) is 0.261. The molecular weight excluding hydrogens is 364 g/mol. The van der Waals surface area contributed by atoms with Gasteiger partial charge in [0.2, 0.25) is 5.91 Å². The van der Waals surface area contributed by atoms with E-state index in [1.54, 1.807) is 18.6 Å². The van der Waals surface area contributed by atoms with Crippen molar-refractivity contribution in [2.45, 2.75) is 19.4 Å². The van der Waals surface area contributed by atoms with Crippen molar-refractivity contribution in [1.82, 2.24) is 9.97 Å². The largest absolute Gasteiger partial charge is 0.489 e. The van der Waals surface area contributed by atoms with Crippen LogP contribution in [-0.4, -0.2) is 29.0 Å². The quantitative estimate of drug-likeness (QED) is 0.693. The molecule has 148 valence electrons. The third-order valence-electron chi connectivity index (χ3n) is 5.04. The van der Waals surface area contributed by atoms with Gasteiger partial charge in [-0.3, -0.25) is 9.78 Å². The van der Waals surface area contributed by atoms with Crippen LogP contribution in [0.2, 0.25) is 0 Å². The number of hydrogen-bond acceptors (Lipinski definition) is 5. The van der Waals surface area contributed by atoms with Crippen LogP contribution in [0.15, 0.2) is 73.2 Å². The molecule has 0 aliphatic carbocycles. The standard InChI is InChI=1S/C23H24N4O2/c28-23(19-7-4-14-27(16-19)22-15-24-12-13-25-22)26-20-8-10-21(11-9-20)29-17-18-5-2-1-3-6-18/h1-3,5-6,8-13,15,19H,4,7,14,16-17H2,(H,26,28). The number of piperidine rings is 1. The van der Waals surface area contributed by atoms with Crippen molar-refractivity contribution in [3.8, 4) is 5.75 Å².